The Labute approximate surface area is 239 Å². The predicted octanol–water partition coefficient (Wildman–Crippen LogP) is 6.15. The highest BCUT2D eigenvalue weighted by atomic mass is 28.4. The van der Waals surface area contributed by atoms with Crippen molar-refractivity contribution >= 4 is 36.0 Å². The van der Waals surface area contributed by atoms with Gasteiger partial charge in [0.2, 0.25) is 5.91 Å². The minimum Gasteiger partial charge on any atom is -0.407 e. The lowest BCUT2D eigenvalue weighted by atomic mass is 9.53. The number of fused-ring (bicyclic) bond motifs is 1. The second-order valence-corrected chi connectivity index (χ2v) is 17.7. The second-order valence-electron chi connectivity index (χ2n) is 13.4. The van der Waals surface area contributed by atoms with Crippen LogP contribution in [0.1, 0.15) is 64.9 Å². The molecule has 1 saturated carbocycles. The summed E-state index contributed by atoms with van der Waals surface area (Å²) in [5.41, 5.74) is 3.40. The molecule has 5 heteroatoms. The van der Waals surface area contributed by atoms with E-state index in [0.29, 0.717) is 18.9 Å². The number of hydrogen-bond donors (Lipinski definition) is 0. The normalized spacial score (nSPS) is 27.2. The van der Waals surface area contributed by atoms with Crippen molar-refractivity contribution in [3.05, 3.63) is 90.5 Å². The van der Waals surface area contributed by atoms with Gasteiger partial charge >= 0.3 is 0 Å². The number of carbonyl (C=O) groups is 1. The molecule has 7 rings (SSSR count). The molecule has 0 bridgehead atoms. The van der Waals surface area contributed by atoms with Crippen molar-refractivity contribution in [3.8, 4) is 0 Å². The van der Waals surface area contributed by atoms with Gasteiger partial charge in [-0.1, -0.05) is 99.6 Å². The molecule has 0 radical (unpaired) electrons. The Morgan fingerprint density at radius 2 is 1.57 bits per heavy atom. The molecule has 3 aromatic rings. The lowest BCUT2D eigenvalue weighted by Crippen LogP contribution is -2.67. The minimum atomic E-state index is -2.62. The maximum absolute atomic E-state index is 13.6. The van der Waals surface area contributed by atoms with E-state index in [9.17, 15) is 4.79 Å². The van der Waals surface area contributed by atoms with Gasteiger partial charge in [0.25, 0.3) is 8.32 Å². The topological polar surface area (TPSA) is 41.9 Å². The van der Waals surface area contributed by atoms with Gasteiger partial charge in [0, 0.05) is 25.3 Å². The van der Waals surface area contributed by atoms with E-state index in [1.54, 1.807) is 0 Å². The molecule has 0 aromatic heterocycles. The zero-order chi connectivity index (χ0) is 27.6. The van der Waals surface area contributed by atoms with Gasteiger partial charge in [-0.25, -0.2) is 0 Å². The van der Waals surface area contributed by atoms with E-state index < -0.39 is 8.32 Å². The zero-order valence-electron chi connectivity index (χ0n) is 24.0. The molecule has 0 N–H and O–H groups in total. The van der Waals surface area contributed by atoms with Crippen LogP contribution >= 0.6 is 0 Å². The molecule has 3 aliphatic heterocycles. The fourth-order valence-electron chi connectivity index (χ4n) is 9.01. The summed E-state index contributed by atoms with van der Waals surface area (Å²) in [6, 6.07) is 30.7. The number of hydrogen-bond acceptors (Lipinski definition) is 3. The highest BCUT2D eigenvalue weighted by molar-refractivity contribution is 6.99. The van der Waals surface area contributed by atoms with Crippen LogP contribution in [0.25, 0.3) is 0 Å². The Morgan fingerprint density at radius 1 is 0.925 bits per heavy atom. The van der Waals surface area contributed by atoms with Gasteiger partial charge in [0.05, 0.1) is 17.1 Å². The summed E-state index contributed by atoms with van der Waals surface area (Å²) in [4.78, 5) is 21.0. The molecule has 3 aromatic carbocycles. The van der Waals surface area contributed by atoms with E-state index in [4.69, 9.17) is 9.42 Å². The van der Waals surface area contributed by atoms with E-state index in [1.165, 1.54) is 21.6 Å². The monoisotopic (exact) mass is 548 g/mol. The molecule has 3 atom stereocenters. The van der Waals surface area contributed by atoms with E-state index in [0.717, 1.165) is 44.3 Å². The summed E-state index contributed by atoms with van der Waals surface area (Å²) in [6.07, 6.45) is 5.84. The Balaban J connectivity index is 1.27. The van der Waals surface area contributed by atoms with Crippen molar-refractivity contribution in [2.24, 2.45) is 10.4 Å². The molecule has 3 fully saturated rings. The van der Waals surface area contributed by atoms with Crippen molar-refractivity contribution < 1.29 is 9.22 Å². The SMILES string of the molecule is CC(C)(C)[Si](OCC[C@]12CCCN3C(=O)C[C@]4(C(=Nc5ccccc54)CC1)[C@@H]32)(c1ccccc1)c1ccccc1. The molecule has 3 heterocycles. The predicted molar refractivity (Wildman–Crippen MR) is 164 cm³/mol. The van der Waals surface area contributed by atoms with Crippen LogP contribution in [0.15, 0.2) is 89.9 Å². The van der Waals surface area contributed by atoms with Crippen LogP contribution in [-0.4, -0.2) is 44.0 Å². The number of aliphatic imine (C=N–C) groups is 1. The molecule has 206 valence electrons. The largest absolute Gasteiger partial charge is 0.407 e. The molecular formula is C35H40N2O2Si. The molecule has 4 aliphatic rings. The van der Waals surface area contributed by atoms with Crippen LogP contribution in [0.4, 0.5) is 5.69 Å². The van der Waals surface area contributed by atoms with Crippen LogP contribution in [0.2, 0.25) is 5.04 Å². The summed E-state index contributed by atoms with van der Waals surface area (Å²) in [6.45, 7) is 8.63. The van der Waals surface area contributed by atoms with Gasteiger partial charge in [-0.2, -0.15) is 0 Å². The number of benzene rings is 3. The van der Waals surface area contributed by atoms with Gasteiger partial charge in [0.1, 0.15) is 0 Å². The molecule has 2 saturated heterocycles. The van der Waals surface area contributed by atoms with Gasteiger partial charge in [-0.15, -0.1) is 0 Å². The van der Waals surface area contributed by atoms with Crippen LogP contribution in [0.3, 0.4) is 0 Å². The maximum atomic E-state index is 13.6. The van der Waals surface area contributed by atoms with Crippen molar-refractivity contribution in [1.29, 1.82) is 0 Å². The summed E-state index contributed by atoms with van der Waals surface area (Å²) >= 11 is 0. The average molecular weight is 549 g/mol. The van der Waals surface area contributed by atoms with Crippen molar-refractivity contribution in [3.63, 3.8) is 0 Å². The number of carbonyl (C=O) groups excluding carboxylic acids is 1. The standard InChI is InChI=1S/C35H40N2O2Si/c1-33(2,3)40(26-13-6-4-7-14-26,27-15-8-5-9-16-27)39-24-22-34-20-12-23-37-31(38)25-35(32(34)37)28-17-10-11-18-29(28)36-30(35)19-21-34/h4-11,13-18,32H,12,19-25H2,1-3H3/t32-,34-,35-/m0/s1. The Morgan fingerprint density at radius 3 is 2.25 bits per heavy atom. The van der Waals surface area contributed by atoms with Gasteiger partial charge < -0.3 is 9.33 Å². The number of amides is 1. The summed E-state index contributed by atoms with van der Waals surface area (Å²) < 4.78 is 7.41. The van der Waals surface area contributed by atoms with E-state index in [1.807, 2.05) is 0 Å². The Bertz CT molecular complexity index is 1420. The summed E-state index contributed by atoms with van der Waals surface area (Å²) in [7, 11) is -2.62. The lowest BCUT2D eigenvalue weighted by Gasteiger charge is -2.56. The first kappa shape index (κ1) is 25.9. The maximum Gasteiger partial charge on any atom is 0.261 e. The third kappa shape index (κ3) is 3.53. The Hall–Kier alpha value is -3.02. The first-order chi connectivity index (χ1) is 19.3. The smallest absolute Gasteiger partial charge is 0.261 e. The van der Waals surface area contributed by atoms with Crippen molar-refractivity contribution in [2.45, 2.75) is 75.8 Å². The summed E-state index contributed by atoms with van der Waals surface area (Å²) in [5.74, 6) is 0.313. The van der Waals surface area contributed by atoms with E-state index >= 15 is 0 Å². The zero-order valence-corrected chi connectivity index (χ0v) is 25.0. The van der Waals surface area contributed by atoms with Gasteiger partial charge in [-0.05, 0) is 64.6 Å². The molecule has 1 amide bonds. The van der Waals surface area contributed by atoms with Crippen LogP contribution < -0.4 is 10.4 Å². The third-order valence-electron chi connectivity index (χ3n) is 10.5. The summed E-state index contributed by atoms with van der Waals surface area (Å²) in [5, 5.41) is 2.60. The third-order valence-corrected chi connectivity index (χ3v) is 15.6. The lowest BCUT2D eigenvalue weighted by molar-refractivity contribution is -0.133. The minimum absolute atomic E-state index is 0.0479. The molecule has 4 nitrogen and oxygen atoms in total. The van der Waals surface area contributed by atoms with Gasteiger partial charge in [-0.3, -0.25) is 9.79 Å². The van der Waals surface area contributed by atoms with Gasteiger partial charge in [0.15, 0.2) is 0 Å². The number of nitrogens with zero attached hydrogens (tertiary/aromatic N) is 2. The number of para-hydroxylation sites is 1. The molecular weight excluding hydrogens is 508 g/mol. The van der Waals surface area contributed by atoms with Crippen molar-refractivity contribution in [1.82, 2.24) is 4.90 Å². The highest BCUT2D eigenvalue weighted by Gasteiger charge is 2.67. The van der Waals surface area contributed by atoms with Crippen LogP contribution in [-0.2, 0) is 14.6 Å². The highest BCUT2D eigenvalue weighted by Crippen LogP contribution is 2.63. The quantitative estimate of drug-likeness (QED) is 0.347. The first-order valence-corrected chi connectivity index (χ1v) is 16.9. The van der Waals surface area contributed by atoms with Crippen LogP contribution in [0, 0.1) is 5.41 Å². The molecule has 40 heavy (non-hydrogen) atoms. The average Bonchev–Trinajstić information content (AvgIpc) is 3.46. The number of rotatable bonds is 6. The van der Waals surface area contributed by atoms with E-state index in [-0.39, 0.29) is 21.9 Å². The second kappa shape index (κ2) is 9.25. The molecule has 0 unspecified atom stereocenters. The fourth-order valence-corrected chi connectivity index (χ4v) is 13.6. The molecule has 1 spiro atoms. The fraction of sp³-hybridized carbons (Fsp3) is 0.429. The molecule has 1 aliphatic carbocycles. The first-order valence-electron chi connectivity index (χ1n) is 15.0. The van der Waals surface area contributed by atoms with E-state index in [2.05, 4.69) is 111 Å². The number of piperidine rings is 1. The van der Waals surface area contributed by atoms with Crippen LogP contribution in [0.5, 0.6) is 0 Å². The Kier molecular flexibility index (Phi) is 5.99. The van der Waals surface area contributed by atoms with Crippen molar-refractivity contribution in [2.75, 3.05) is 13.2 Å².